The lowest BCUT2D eigenvalue weighted by Crippen LogP contribution is -1.93. The van der Waals surface area contributed by atoms with Crippen molar-refractivity contribution in [3.8, 4) is 17.6 Å². The third-order valence-electron chi connectivity index (χ3n) is 2.47. The van der Waals surface area contributed by atoms with Crippen molar-refractivity contribution < 1.29 is 17.5 Å². The van der Waals surface area contributed by atoms with Gasteiger partial charge < -0.3 is 4.74 Å². The van der Waals surface area contributed by atoms with Crippen LogP contribution in [0, 0.1) is 17.1 Å². The molecule has 0 atom stereocenters. The molecular weight excluding hydrogens is 385 g/mol. The molecule has 8 heteroatoms. The van der Waals surface area contributed by atoms with Crippen molar-refractivity contribution in [2.24, 2.45) is 0 Å². The third-order valence-corrected chi connectivity index (χ3v) is 4.44. The lowest BCUT2D eigenvalue weighted by Gasteiger charge is -2.09. The van der Waals surface area contributed by atoms with Crippen molar-refractivity contribution in [2.75, 3.05) is 0 Å². The molecule has 0 heterocycles. The van der Waals surface area contributed by atoms with Crippen LogP contribution in [0.4, 0.5) is 4.39 Å². The minimum Gasteiger partial charge on any atom is -0.453 e. The second-order valence-electron chi connectivity index (χ2n) is 3.89. The summed E-state index contributed by atoms with van der Waals surface area (Å²) in [4.78, 5) is -0.108. The molecule has 0 bridgehead atoms. The monoisotopic (exact) mass is 389 g/mol. The topological polar surface area (TPSA) is 67.2 Å². The molecule has 2 aromatic carbocycles. The Bertz CT molecular complexity index is 849. The van der Waals surface area contributed by atoms with Crippen LogP contribution in [-0.2, 0) is 9.05 Å². The van der Waals surface area contributed by atoms with E-state index in [4.69, 9.17) is 20.7 Å². The lowest BCUT2D eigenvalue weighted by molar-refractivity contribution is 0.439. The van der Waals surface area contributed by atoms with E-state index in [2.05, 4.69) is 15.9 Å². The number of rotatable bonds is 3. The van der Waals surface area contributed by atoms with Crippen LogP contribution in [0.2, 0.25) is 0 Å². The summed E-state index contributed by atoms with van der Waals surface area (Å²) < 4.78 is 41.7. The fourth-order valence-corrected chi connectivity index (χ4v) is 2.88. The first kappa shape index (κ1) is 15.8. The normalized spacial score (nSPS) is 11.0. The Morgan fingerprint density at radius 2 is 1.86 bits per heavy atom. The molecule has 0 radical (unpaired) electrons. The number of ether oxygens (including phenoxy) is 1. The molecule has 0 amide bonds. The molecule has 0 saturated heterocycles. The highest BCUT2D eigenvalue weighted by atomic mass is 79.9. The van der Waals surface area contributed by atoms with E-state index in [1.165, 1.54) is 30.3 Å². The maximum absolute atomic E-state index is 13.7. The number of halogens is 3. The standard InChI is InChI=1S/C13H6BrClFNO3S/c14-10-6-9(21(15,18)19)2-4-12(10)20-13-3-1-8(7-17)5-11(13)16/h1-6H. The lowest BCUT2D eigenvalue weighted by atomic mass is 10.2. The van der Waals surface area contributed by atoms with Gasteiger partial charge in [0.15, 0.2) is 11.6 Å². The van der Waals surface area contributed by atoms with Crippen LogP contribution in [0.3, 0.4) is 0 Å². The molecule has 108 valence electrons. The van der Waals surface area contributed by atoms with E-state index in [0.717, 1.165) is 6.07 Å². The van der Waals surface area contributed by atoms with Gasteiger partial charge in [-0.15, -0.1) is 0 Å². The highest BCUT2D eigenvalue weighted by molar-refractivity contribution is 9.10. The van der Waals surface area contributed by atoms with Gasteiger partial charge in [0.2, 0.25) is 0 Å². The summed E-state index contributed by atoms with van der Waals surface area (Å²) in [6.45, 7) is 0. The average Bonchev–Trinajstić information content (AvgIpc) is 2.41. The van der Waals surface area contributed by atoms with Gasteiger partial charge in [-0.3, -0.25) is 0 Å². The molecule has 0 fully saturated rings. The van der Waals surface area contributed by atoms with Crippen molar-refractivity contribution >= 4 is 35.7 Å². The summed E-state index contributed by atoms with van der Waals surface area (Å²) in [5.41, 5.74) is 0.169. The summed E-state index contributed by atoms with van der Waals surface area (Å²) in [5.74, 6) is -0.575. The molecule has 0 unspecified atom stereocenters. The summed E-state index contributed by atoms with van der Waals surface area (Å²) in [6.07, 6.45) is 0. The predicted molar refractivity (Wildman–Crippen MR) is 78.4 cm³/mol. The highest BCUT2D eigenvalue weighted by Crippen LogP contribution is 2.33. The second-order valence-corrected chi connectivity index (χ2v) is 7.31. The third kappa shape index (κ3) is 3.73. The van der Waals surface area contributed by atoms with Crippen molar-refractivity contribution in [3.63, 3.8) is 0 Å². The number of nitriles is 1. The van der Waals surface area contributed by atoms with Gasteiger partial charge in [-0.25, -0.2) is 12.8 Å². The maximum atomic E-state index is 13.7. The van der Waals surface area contributed by atoms with E-state index in [1.807, 2.05) is 6.07 Å². The van der Waals surface area contributed by atoms with Gasteiger partial charge in [-0.05, 0) is 52.3 Å². The zero-order valence-corrected chi connectivity index (χ0v) is 13.3. The Labute approximate surface area is 133 Å². The molecular formula is C13H6BrClFNO3S. The first-order chi connectivity index (χ1) is 9.81. The number of hydrogen-bond acceptors (Lipinski definition) is 4. The molecule has 2 aromatic rings. The molecule has 0 aromatic heterocycles. The van der Waals surface area contributed by atoms with Gasteiger partial charge in [0.05, 0.1) is 21.0 Å². The molecule has 0 N–H and O–H groups in total. The molecule has 2 rings (SSSR count). The molecule has 0 aliphatic rings. The van der Waals surface area contributed by atoms with Gasteiger partial charge in [0, 0.05) is 10.7 Å². The summed E-state index contributed by atoms with van der Waals surface area (Å²) in [7, 11) is 1.37. The number of nitrogens with zero attached hydrogens (tertiary/aromatic N) is 1. The Morgan fingerprint density at radius 1 is 1.19 bits per heavy atom. The zero-order chi connectivity index (χ0) is 15.6. The van der Waals surface area contributed by atoms with E-state index < -0.39 is 14.9 Å². The first-order valence-corrected chi connectivity index (χ1v) is 8.53. The Balaban J connectivity index is 2.35. The fourth-order valence-electron chi connectivity index (χ4n) is 1.49. The SMILES string of the molecule is N#Cc1ccc(Oc2ccc(S(=O)(=O)Cl)cc2Br)c(F)c1. The molecule has 0 spiro atoms. The van der Waals surface area contributed by atoms with Crippen molar-refractivity contribution in [1.82, 2.24) is 0 Å². The molecule has 0 aliphatic carbocycles. The highest BCUT2D eigenvalue weighted by Gasteiger charge is 2.14. The van der Waals surface area contributed by atoms with Crippen LogP contribution in [-0.4, -0.2) is 8.42 Å². The molecule has 0 saturated carbocycles. The Morgan fingerprint density at radius 3 is 2.38 bits per heavy atom. The maximum Gasteiger partial charge on any atom is 0.261 e. The quantitative estimate of drug-likeness (QED) is 0.737. The van der Waals surface area contributed by atoms with Crippen molar-refractivity contribution in [2.45, 2.75) is 4.90 Å². The van der Waals surface area contributed by atoms with Crippen molar-refractivity contribution in [3.05, 3.63) is 52.3 Å². The van der Waals surface area contributed by atoms with Crippen LogP contribution >= 0.6 is 26.6 Å². The van der Waals surface area contributed by atoms with Gasteiger partial charge in [0.1, 0.15) is 5.75 Å². The smallest absolute Gasteiger partial charge is 0.261 e. The van der Waals surface area contributed by atoms with Crippen LogP contribution in [0.5, 0.6) is 11.5 Å². The Hall–Kier alpha value is -1.62. The predicted octanol–water partition coefficient (Wildman–Crippen LogP) is 4.18. The van der Waals surface area contributed by atoms with Gasteiger partial charge in [-0.1, -0.05) is 0 Å². The van der Waals surface area contributed by atoms with E-state index in [0.29, 0.717) is 4.47 Å². The molecule has 21 heavy (non-hydrogen) atoms. The molecule has 4 nitrogen and oxygen atoms in total. The average molecular weight is 391 g/mol. The first-order valence-electron chi connectivity index (χ1n) is 5.43. The molecule has 0 aliphatic heterocycles. The van der Waals surface area contributed by atoms with E-state index >= 15 is 0 Å². The minimum absolute atomic E-state index is 0.0869. The van der Waals surface area contributed by atoms with Gasteiger partial charge >= 0.3 is 0 Å². The van der Waals surface area contributed by atoms with Crippen LogP contribution in [0.15, 0.2) is 45.8 Å². The minimum atomic E-state index is -3.86. The van der Waals surface area contributed by atoms with Gasteiger partial charge in [0.25, 0.3) is 9.05 Å². The largest absolute Gasteiger partial charge is 0.453 e. The summed E-state index contributed by atoms with van der Waals surface area (Å²) in [5, 5.41) is 8.66. The summed E-state index contributed by atoms with van der Waals surface area (Å²) in [6, 6.07) is 9.40. The summed E-state index contributed by atoms with van der Waals surface area (Å²) >= 11 is 3.13. The zero-order valence-electron chi connectivity index (χ0n) is 10.2. The van der Waals surface area contributed by atoms with Gasteiger partial charge in [-0.2, -0.15) is 5.26 Å². The van der Waals surface area contributed by atoms with E-state index in [9.17, 15) is 12.8 Å². The van der Waals surface area contributed by atoms with Crippen LogP contribution in [0.1, 0.15) is 5.56 Å². The fraction of sp³-hybridized carbons (Fsp3) is 0. The number of hydrogen-bond donors (Lipinski definition) is 0. The second kappa shape index (κ2) is 6.02. The van der Waals surface area contributed by atoms with E-state index in [1.54, 1.807) is 0 Å². The van der Waals surface area contributed by atoms with Crippen LogP contribution in [0.25, 0.3) is 0 Å². The van der Waals surface area contributed by atoms with E-state index in [-0.39, 0.29) is 22.0 Å². The van der Waals surface area contributed by atoms with Crippen molar-refractivity contribution in [1.29, 1.82) is 5.26 Å². The Kier molecular flexibility index (Phi) is 4.52. The number of benzene rings is 2. The van der Waals surface area contributed by atoms with Crippen LogP contribution < -0.4 is 4.74 Å².